The number of benzene rings is 1. The first-order chi connectivity index (χ1) is 9.52. The number of hydrogen-bond acceptors (Lipinski definition) is 3. The van der Waals surface area contributed by atoms with Crippen molar-refractivity contribution >= 4 is 23.3 Å². The number of ether oxygens (including phenoxy) is 1. The van der Waals surface area contributed by atoms with Gasteiger partial charge in [0.2, 0.25) is 0 Å². The molecule has 1 aromatic heterocycles. The van der Waals surface area contributed by atoms with Crippen LogP contribution < -0.4 is 0 Å². The van der Waals surface area contributed by atoms with Crippen LogP contribution in [-0.2, 0) is 11.3 Å². The summed E-state index contributed by atoms with van der Waals surface area (Å²) in [6.45, 7) is 2.69. The van der Waals surface area contributed by atoms with Crippen LogP contribution in [0.15, 0.2) is 12.1 Å². The number of rotatable bonds is 6. The maximum atomic E-state index is 13.6. The van der Waals surface area contributed by atoms with Crippen molar-refractivity contribution in [3.63, 3.8) is 0 Å². The number of H-pyrrole nitrogens is 1. The molecule has 0 radical (unpaired) electrons. The van der Waals surface area contributed by atoms with Gasteiger partial charge in [0.1, 0.15) is 11.3 Å². The maximum Gasteiger partial charge on any atom is 0.178 e. The SMILES string of the molecule is COCCN(C)CCn1c(=S)[nH]c2c(F)cc(F)cc21. The van der Waals surface area contributed by atoms with Crippen molar-refractivity contribution < 1.29 is 13.5 Å². The monoisotopic (exact) mass is 301 g/mol. The van der Waals surface area contributed by atoms with Crippen molar-refractivity contribution in [1.29, 1.82) is 0 Å². The van der Waals surface area contributed by atoms with Crippen molar-refractivity contribution in [3.8, 4) is 0 Å². The van der Waals surface area contributed by atoms with Crippen molar-refractivity contribution in [2.45, 2.75) is 6.54 Å². The van der Waals surface area contributed by atoms with Crippen molar-refractivity contribution in [1.82, 2.24) is 14.5 Å². The molecule has 4 nitrogen and oxygen atoms in total. The first-order valence-electron chi connectivity index (χ1n) is 6.28. The van der Waals surface area contributed by atoms with Gasteiger partial charge in [0.25, 0.3) is 0 Å². The van der Waals surface area contributed by atoms with Gasteiger partial charge in [-0.05, 0) is 25.3 Å². The third kappa shape index (κ3) is 3.23. The number of likely N-dealkylation sites (N-methyl/N-ethyl adjacent to an activating group) is 1. The molecule has 0 atom stereocenters. The van der Waals surface area contributed by atoms with Gasteiger partial charge in [0.15, 0.2) is 10.6 Å². The fourth-order valence-electron chi connectivity index (χ4n) is 2.03. The normalized spacial score (nSPS) is 11.7. The van der Waals surface area contributed by atoms with E-state index in [1.54, 1.807) is 11.7 Å². The Hall–Kier alpha value is -1.31. The second-order valence-electron chi connectivity index (χ2n) is 4.66. The molecule has 2 rings (SSSR count). The molecule has 110 valence electrons. The predicted molar refractivity (Wildman–Crippen MR) is 76.4 cm³/mol. The molecule has 0 saturated heterocycles. The van der Waals surface area contributed by atoms with E-state index in [0.29, 0.717) is 30.0 Å². The zero-order chi connectivity index (χ0) is 14.7. The molecule has 0 aliphatic rings. The molecule has 0 saturated carbocycles. The van der Waals surface area contributed by atoms with Gasteiger partial charge < -0.3 is 19.2 Å². The summed E-state index contributed by atoms with van der Waals surface area (Å²) in [6.07, 6.45) is 0. The number of halogens is 2. The Balaban J connectivity index is 2.22. The van der Waals surface area contributed by atoms with Gasteiger partial charge in [-0.2, -0.15) is 0 Å². The van der Waals surface area contributed by atoms with E-state index in [-0.39, 0.29) is 5.52 Å². The van der Waals surface area contributed by atoms with E-state index >= 15 is 0 Å². The number of nitrogens with zero attached hydrogens (tertiary/aromatic N) is 2. The second-order valence-corrected chi connectivity index (χ2v) is 5.05. The molecule has 2 aromatic rings. The highest BCUT2D eigenvalue weighted by Crippen LogP contribution is 2.19. The molecule has 20 heavy (non-hydrogen) atoms. The third-order valence-corrected chi connectivity index (χ3v) is 3.51. The second kappa shape index (κ2) is 6.43. The van der Waals surface area contributed by atoms with E-state index < -0.39 is 11.6 Å². The van der Waals surface area contributed by atoms with Gasteiger partial charge in [-0.1, -0.05) is 0 Å². The molecule has 0 amide bonds. The predicted octanol–water partition coefficient (Wildman–Crippen LogP) is 2.56. The van der Waals surface area contributed by atoms with Gasteiger partial charge in [-0.15, -0.1) is 0 Å². The maximum absolute atomic E-state index is 13.6. The van der Waals surface area contributed by atoms with E-state index in [1.165, 1.54) is 6.07 Å². The summed E-state index contributed by atoms with van der Waals surface area (Å²) in [5.41, 5.74) is 0.698. The first kappa shape index (κ1) is 15.1. The molecule has 1 N–H and O–H groups in total. The Morgan fingerprint density at radius 3 is 2.80 bits per heavy atom. The zero-order valence-corrected chi connectivity index (χ0v) is 12.3. The minimum atomic E-state index is -0.627. The van der Waals surface area contributed by atoms with Crippen LogP contribution in [0.25, 0.3) is 11.0 Å². The molecule has 0 aliphatic carbocycles. The molecular formula is C13H17F2N3OS. The van der Waals surface area contributed by atoms with Crippen molar-refractivity contribution in [2.75, 3.05) is 33.9 Å². The van der Waals surface area contributed by atoms with Crippen LogP contribution in [0.3, 0.4) is 0 Å². The lowest BCUT2D eigenvalue weighted by Crippen LogP contribution is -2.26. The number of hydrogen-bond donors (Lipinski definition) is 1. The van der Waals surface area contributed by atoms with Gasteiger partial charge in [0, 0.05) is 32.8 Å². The molecule has 0 bridgehead atoms. The summed E-state index contributed by atoms with van der Waals surface area (Å²) < 4.78 is 34.1. The number of aromatic nitrogens is 2. The highest BCUT2D eigenvalue weighted by Gasteiger charge is 2.11. The minimum absolute atomic E-state index is 0.246. The molecular weight excluding hydrogens is 284 g/mol. The van der Waals surface area contributed by atoms with Crippen LogP contribution in [-0.4, -0.2) is 48.3 Å². The quantitative estimate of drug-likeness (QED) is 0.833. The minimum Gasteiger partial charge on any atom is -0.383 e. The zero-order valence-electron chi connectivity index (χ0n) is 11.4. The number of aromatic amines is 1. The molecule has 1 heterocycles. The molecule has 0 aliphatic heterocycles. The van der Waals surface area contributed by atoms with Crippen molar-refractivity contribution in [2.24, 2.45) is 0 Å². The summed E-state index contributed by atoms with van der Waals surface area (Å²) in [7, 11) is 3.60. The standard InChI is InChI=1S/C13H17F2N3OS/c1-17(5-6-19-2)3-4-18-11-8-9(14)7-10(15)12(11)16-13(18)20/h7-8H,3-6H2,1-2H3,(H,16,20). The van der Waals surface area contributed by atoms with Gasteiger partial charge in [-0.25, -0.2) is 8.78 Å². The fourth-order valence-corrected chi connectivity index (χ4v) is 2.32. The molecule has 7 heteroatoms. The average Bonchev–Trinajstić information content (AvgIpc) is 2.70. The average molecular weight is 301 g/mol. The van der Waals surface area contributed by atoms with Crippen LogP contribution in [0.4, 0.5) is 8.78 Å². The van der Waals surface area contributed by atoms with E-state index in [1.807, 2.05) is 7.05 Å². The number of methoxy groups -OCH3 is 1. The number of fused-ring (bicyclic) bond motifs is 1. The van der Waals surface area contributed by atoms with Crippen molar-refractivity contribution in [3.05, 3.63) is 28.5 Å². The lowest BCUT2D eigenvalue weighted by atomic mass is 10.3. The van der Waals surface area contributed by atoms with E-state index in [9.17, 15) is 8.78 Å². The van der Waals surface area contributed by atoms with Crippen LogP contribution >= 0.6 is 12.2 Å². The summed E-state index contributed by atoms with van der Waals surface area (Å²) in [5.74, 6) is -1.23. The smallest absolute Gasteiger partial charge is 0.178 e. The highest BCUT2D eigenvalue weighted by molar-refractivity contribution is 7.71. The van der Waals surface area contributed by atoms with Gasteiger partial charge in [-0.3, -0.25) is 0 Å². The van der Waals surface area contributed by atoms with E-state index in [4.69, 9.17) is 17.0 Å². The molecule has 0 spiro atoms. The van der Waals surface area contributed by atoms with Gasteiger partial charge >= 0.3 is 0 Å². The summed E-state index contributed by atoms with van der Waals surface area (Å²) >= 11 is 5.17. The molecule has 0 unspecified atom stereocenters. The Labute approximate surface area is 121 Å². The molecule has 0 fully saturated rings. The van der Waals surface area contributed by atoms with Crippen LogP contribution in [0.1, 0.15) is 0 Å². The van der Waals surface area contributed by atoms with Crippen LogP contribution in [0, 0.1) is 16.4 Å². The topological polar surface area (TPSA) is 33.2 Å². The Morgan fingerprint density at radius 1 is 1.35 bits per heavy atom. The third-order valence-electron chi connectivity index (χ3n) is 3.18. The first-order valence-corrected chi connectivity index (χ1v) is 6.69. The molecule has 1 aromatic carbocycles. The van der Waals surface area contributed by atoms with Gasteiger partial charge in [0.05, 0.1) is 12.1 Å². The summed E-state index contributed by atoms with van der Waals surface area (Å²) in [4.78, 5) is 4.85. The Morgan fingerprint density at radius 2 is 2.10 bits per heavy atom. The lowest BCUT2D eigenvalue weighted by molar-refractivity contribution is 0.159. The highest BCUT2D eigenvalue weighted by atomic mass is 32.1. The Bertz CT molecular complexity index is 653. The van der Waals surface area contributed by atoms with Crippen LogP contribution in [0.2, 0.25) is 0 Å². The fraction of sp³-hybridized carbons (Fsp3) is 0.462. The van der Waals surface area contributed by atoms with E-state index in [0.717, 1.165) is 12.6 Å². The Kier molecular flexibility index (Phi) is 4.85. The number of nitrogens with one attached hydrogen (secondary N) is 1. The summed E-state index contributed by atoms with van der Waals surface area (Å²) in [6, 6.07) is 2.14. The van der Waals surface area contributed by atoms with Crippen LogP contribution in [0.5, 0.6) is 0 Å². The largest absolute Gasteiger partial charge is 0.383 e. The lowest BCUT2D eigenvalue weighted by Gasteiger charge is -2.16. The number of imidazole rings is 1. The van der Waals surface area contributed by atoms with E-state index in [2.05, 4.69) is 9.88 Å². The summed E-state index contributed by atoms with van der Waals surface area (Å²) in [5, 5.41) is 0.